The molecule has 1 N–H and O–H groups in total. The molecule has 0 heterocycles. The summed E-state index contributed by atoms with van der Waals surface area (Å²) in [5.41, 5.74) is 5.81. The molecule has 0 saturated heterocycles. The highest BCUT2D eigenvalue weighted by Crippen LogP contribution is 2.36. The molecule has 0 spiro atoms. The normalized spacial score (nSPS) is 13.1. The minimum absolute atomic E-state index is 0.0884. The van der Waals surface area contributed by atoms with Crippen molar-refractivity contribution in [3.8, 4) is 11.5 Å². The number of ether oxygens (including phenoxy) is 1. The van der Waals surface area contributed by atoms with Crippen molar-refractivity contribution in [3.05, 3.63) is 83.5 Å². The Balaban J connectivity index is 2.20. The molecule has 7 nitrogen and oxygen atoms in total. The largest absolute Gasteiger partial charge is 0.493 e. The minimum Gasteiger partial charge on any atom is -0.493 e. The first-order valence-corrected chi connectivity index (χ1v) is 13.5. The van der Waals surface area contributed by atoms with Crippen molar-refractivity contribution in [2.75, 3.05) is 38.2 Å². The summed E-state index contributed by atoms with van der Waals surface area (Å²) in [5.74, 6) is 0.110. The van der Waals surface area contributed by atoms with Crippen LogP contribution in [0.25, 0.3) is 5.57 Å². The number of benzene rings is 2. The van der Waals surface area contributed by atoms with Crippen molar-refractivity contribution < 1.29 is 26.5 Å². The lowest BCUT2D eigenvalue weighted by Gasteiger charge is -2.22. The number of rotatable bonds is 10. The van der Waals surface area contributed by atoms with E-state index in [4.69, 9.17) is 8.92 Å². The van der Waals surface area contributed by atoms with Crippen molar-refractivity contribution in [1.82, 2.24) is 0 Å². The highest BCUT2D eigenvalue weighted by atomic mass is 32.3. The third-order valence-corrected chi connectivity index (χ3v) is 6.61. The van der Waals surface area contributed by atoms with E-state index in [0.717, 1.165) is 59.9 Å². The Labute approximate surface area is 214 Å². The van der Waals surface area contributed by atoms with Gasteiger partial charge < -0.3 is 13.8 Å². The molecular formula is C28H35N2O5S+. The zero-order valence-corrected chi connectivity index (χ0v) is 22.4. The summed E-state index contributed by atoms with van der Waals surface area (Å²) >= 11 is 0. The van der Waals surface area contributed by atoms with E-state index < -0.39 is 10.4 Å². The Hall–Kier alpha value is -3.36. The van der Waals surface area contributed by atoms with E-state index in [1.54, 1.807) is 12.1 Å². The smallest absolute Gasteiger partial charge is 0.446 e. The molecule has 3 rings (SSSR count). The molecule has 0 atom stereocenters. The maximum atomic E-state index is 11.5. The van der Waals surface area contributed by atoms with Gasteiger partial charge in [-0.25, -0.2) is 4.58 Å². The summed E-state index contributed by atoms with van der Waals surface area (Å²) in [7, 11) is -3.31. The van der Waals surface area contributed by atoms with Crippen molar-refractivity contribution in [1.29, 1.82) is 0 Å². The van der Waals surface area contributed by atoms with Gasteiger partial charge >= 0.3 is 10.4 Å². The summed E-state index contributed by atoms with van der Waals surface area (Å²) in [4.78, 5) is 2.27. The van der Waals surface area contributed by atoms with Crippen LogP contribution in [0, 0.1) is 0 Å². The molecule has 0 aliphatic heterocycles. The molecule has 0 unspecified atom stereocenters. The van der Waals surface area contributed by atoms with Gasteiger partial charge in [0.1, 0.15) is 13.1 Å². The Morgan fingerprint density at radius 3 is 1.94 bits per heavy atom. The van der Waals surface area contributed by atoms with E-state index in [1.807, 2.05) is 6.07 Å². The number of hydrogen-bond donors (Lipinski definition) is 1. The van der Waals surface area contributed by atoms with Crippen LogP contribution in [0.1, 0.15) is 38.8 Å². The highest BCUT2D eigenvalue weighted by Gasteiger charge is 2.19. The lowest BCUT2D eigenvalue weighted by atomic mass is 9.90. The highest BCUT2D eigenvalue weighted by molar-refractivity contribution is 7.81. The van der Waals surface area contributed by atoms with Gasteiger partial charge in [-0.15, -0.1) is 0 Å². The van der Waals surface area contributed by atoms with Crippen LogP contribution >= 0.6 is 0 Å². The number of nitrogens with zero attached hydrogens (tertiary/aromatic N) is 2. The zero-order chi connectivity index (χ0) is 26.3. The molecule has 8 heteroatoms. The second-order valence-electron chi connectivity index (χ2n) is 8.19. The lowest BCUT2D eigenvalue weighted by molar-refractivity contribution is -0.519. The van der Waals surface area contributed by atoms with Crippen LogP contribution < -0.4 is 13.8 Å². The third-order valence-electron chi connectivity index (χ3n) is 6.22. The topological polar surface area (TPSA) is 79.1 Å². The van der Waals surface area contributed by atoms with E-state index in [-0.39, 0.29) is 11.5 Å². The molecule has 36 heavy (non-hydrogen) atoms. The van der Waals surface area contributed by atoms with Crippen LogP contribution in [0.5, 0.6) is 11.5 Å². The fraction of sp³-hybridized carbons (Fsp3) is 0.321. The molecule has 0 aromatic heterocycles. The fourth-order valence-electron chi connectivity index (χ4n) is 4.37. The average molecular weight is 512 g/mol. The first-order chi connectivity index (χ1) is 17.2. The molecule has 1 aliphatic rings. The fourth-order valence-corrected chi connectivity index (χ4v) is 4.72. The molecule has 0 bridgehead atoms. The van der Waals surface area contributed by atoms with Crippen molar-refractivity contribution in [2.45, 2.75) is 27.7 Å². The van der Waals surface area contributed by atoms with Crippen LogP contribution in [0.2, 0.25) is 0 Å². The van der Waals surface area contributed by atoms with Gasteiger partial charge in [-0.1, -0.05) is 18.2 Å². The maximum absolute atomic E-state index is 11.5. The second kappa shape index (κ2) is 12.1. The van der Waals surface area contributed by atoms with Gasteiger partial charge in [0.05, 0.1) is 7.11 Å². The Bertz CT molecular complexity index is 1280. The first kappa shape index (κ1) is 27.2. The Morgan fingerprint density at radius 2 is 1.44 bits per heavy atom. The molecule has 0 saturated carbocycles. The van der Waals surface area contributed by atoms with Crippen LogP contribution in [0.15, 0.2) is 72.3 Å². The SMILES string of the molecule is CCN(CC)c1ccc(C(=C2C=CC(=[N+](CC)CC)C=C2)c2ccc(OC)c(OS(=O)(=O)O)c2)cc1. The molecule has 0 fully saturated rings. The van der Waals surface area contributed by atoms with Gasteiger partial charge in [0.2, 0.25) is 0 Å². The van der Waals surface area contributed by atoms with Gasteiger partial charge in [0.15, 0.2) is 17.2 Å². The van der Waals surface area contributed by atoms with Crippen LogP contribution in [-0.2, 0) is 10.4 Å². The van der Waals surface area contributed by atoms with Crippen molar-refractivity contribution >= 4 is 27.4 Å². The third kappa shape index (κ3) is 6.44. The van der Waals surface area contributed by atoms with Crippen molar-refractivity contribution in [2.24, 2.45) is 0 Å². The molecule has 0 amide bonds. The van der Waals surface area contributed by atoms with Crippen LogP contribution in [0.3, 0.4) is 0 Å². The molecule has 192 valence electrons. The first-order valence-electron chi connectivity index (χ1n) is 12.2. The summed E-state index contributed by atoms with van der Waals surface area (Å²) in [6.45, 7) is 12.1. The molecule has 2 aromatic carbocycles. The number of methoxy groups -OCH3 is 1. The second-order valence-corrected chi connectivity index (χ2v) is 9.21. The summed E-state index contributed by atoms with van der Waals surface area (Å²) in [6, 6.07) is 13.4. The number of allylic oxidation sites excluding steroid dienone is 5. The van der Waals surface area contributed by atoms with Gasteiger partial charge in [-0.2, -0.15) is 8.42 Å². The average Bonchev–Trinajstić information content (AvgIpc) is 2.87. The van der Waals surface area contributed by atoms with E-state index in [2.05, 4.69) is 85.7 Å². The van der Waals surface area contributed by atoms with Gasteiger partial charge in [-0.3, -0.25) is 4.55 Å². The maximum Gasteiger partial charge on any atom is 0.446 e. The van der Waals surface area contributed by atoms with E-state index >= 15 is 0 Å². The van der Waals surface area contributed by atoms with Crippen LogP contribution in [-0.4, -0.2) is 56.5 Å². The van der Waals surface area contributed by atoms with E-state index in [1.165, 1.54) is 7.11 Å². The van der Waals surface area contributed by atoms with Gasteiger partial charge in [0, 0.05) is 30.9 Å². The molecule has 0 radical (unpaired) electrons. The van der Waals surface area contributed by atoms with Gasteiger partial charge in [0.25, 0.3) is 0 Å². The molecule has 1 aliphatic carbocycles. The standard InChI is InChI=1S/C28H34N2O5S/c1-6-29(7-2)24-15-10-21(11-16-24)28(22-12-17-25(18-13-22)30(8-3)9-4)23-14-19-26(34-5)27(20-23)35-36(31,32)33/h10-20H,6-9H2,1-5H3/p+1. The van der Waals surface area contributed by atoms with E-state index in [9.17, 15) is 13.0 Å². The Morgan fingerprint density at radius 1 is 0.861 bits per heavy atom. The number of anilines is 1. The van der Waals surface area contributed by atoms with Gasteiger partial charge in [-0.05, 0) is 86.4 Å². The van der Waals surface area contributed by atoms with Crippen molar-refractivity contribution in [3.63, 3.8) is 0 Å². The lowest BCUT2D eigenvalue weighted by Crippen LogP contribution is -2.21. The zero-order valence-electron chi connectivity index (χ0n) is 21.6. The summed E-state index contributed by atoms with van der Waals surface area (Å²) in [6.07, 6.45) is 8.31. The predicted octanol–water partition coefficient (Wildman–Crippen LogP) is 5.14. The summed E-state index contributed by atoms with van der Waals surface area (Å²) < 4.78 is 44.6. The van der Waals surface area contributed by atoms with Crippen LogP contribution in [0.4, 0.5) is 5.69 Å². The predicted molar refractivity (Wildman–Crippen MR) is 146 cm³/mol. The number of hydrogen-bond acceptors (Lipinski definition) is 5. The monoisotopic (exact) mass is 511 g/mol. The quantitative estimate of drug-likeness (QED) is 0.351. The van der Waals surface area contributed by atoms with E-state index in [0.29, 0.717) is 0 Å². The minimum atomic E-state index is -4.72. The molecule has 2 aromatic rings. The summed E-state index contributed by atoms with van der Waals surface area (Å²) in [5, 5.41) is 0. The Kier molecular flexibility index (Phi) is 9.12. The molecular weight excluding hydrogens is 476 g/mol.